The van der Waals surface area contributed by atoms with Gasteiger partial charge in [0.05, 0.1) is 10.9 Å². The molecule has 0 saturated carbocycles. The third-order valence-electron chi connectivity index (χ3n) is 4.48. The summed E-state index contributed by atoms with van der Waals surface area (Å²) in [6.07, 6.45) is 2.00. The molecule has 0 bridgehead atoms. The minimum atomic E-state index is -0.744. The van der Waals surface area contributed by atoms with E-state index in [0.29, 0.717) is 47.0 Å². The number of primary amides is 1. The van der Waals surface area contributed by atoms with Gasteiger partial charge >= 0.3 is 0 Å². The van der Waals surface area contributed by atoms with Gasteiger partial charge < -0.3 is 21.7 Å². The number of nitrogens with one attached hydrogen (secondary N) is 3. The molecule has 0 radical (unpaired) electrons. The van der Waals surface area contributed by atoms with Crippen molar-refractivity contribution < 1.29 is 18.4 Å². The lowest BCUT2D eigenvalue weighted by Gasteiger charge is -2.11. The molecule has 172 valence electrons. The quantitative estimate of drug-likeness (QED) is 0.304. The fourth-order valence-electron chi connectivity index (χ4n) is 2.85. The van der Waals surface area contributed by atoms with Crippen LogP contribution >= 0.6 is 15.9 Å². The highest BCUT2D eigenvalue weighted by Gasteiger charge is 2.10. The molecule has 2 aromatic carbocycles. The summed E-state index contributed by atoms with van der Waals surface area (Å²) >= 11 is 3.38. The summed E-state index contributed by atoms with van der Waals surface area (Å²) in [5.41, 5.74) is 6.41. The monoisotopic (exact) mass is 518 g/mol. The Morgan fingerprint density at radius 3 is 2.67 bits per heavy atom. The molecule has 33 heavy (non-hydrogen) atoms. The average Bonchev–Trinajstić information content (AvgIpc) is 2.77. The summed E-state index contributed by atoms with van der Waals surface area (Å²) in [6.45, 7) is 0.861. The SMILES string of the molecule is NC(=O)c1cccc(Nc2ncc(Br)c(NCCCNC(=O)Cc3ccc(F)cc3F)n2)c1. The van der Waals surface area contributed by atoms with E-state index >= 15 is 0 Å². The van der Waals surface area contributed by atoms with Gasteiger partial charge in [-0.25, -0.2) is 13.8 Å². The van der Waals surface area contributed by atoms with Crippen LogP contribution in [0, 0.1) is 11.6 Å². The highest BCUT2D eigenvalue weighted by molar-refractivity contribution is 9.10. The molecule has 0 aliphatic rings. The summed E-state index contributed by atoms with van der Waals surface area (Å²) < 4.78 is 27.2. The molecule has 1 aromatic heterocycles. The molecule has 5 N–H and O–H groups in total. The first-order valence-electron chi connectivity index (χ1n) is 9.96. The normalized spacial score (nSPS) is 10.5. The van der Waals surface area contributed by atoms with Crippen molar-refractivity contribution in [1.82, 2.24) is 15.3 Å². The topological polar surface area (TPSA) is 122 Å². The maximum Gasteiger partial charge on any atom is 0.248 e. The van der Waals surface area contributed by atoms with Gasteiger partial charge in [-0.2, -0.15) is 4.98 Å². The Morgan fingerprint density at radius 2 is 1.91 bits per heavy atom. The highest BCUT2D eigenvalue weighted by atomic mass is 79.9. The summed E-state index contributed by atoms with van der Waals surface area (Å²) in [5.74, 6) is -1.46. The number of hydrogen-bond donors (Lipinski definition) is 4. The number of carbonyl (C=O) groups is 2. The first kappa shape index (κ1) is 24.1. The Kier molecular flexibility index (Phi) is 8.25. The molecule has 0 spiro atoms. The highest BCUT2D eigenvalue weighted by Crippen LogP contribution is 2.22. The second-order valence-electron chi connectivity index (χ2n) is 7.00. The number of amides is 2. The van der Waals surface area contributed by atoms with Crippen LogP contribution in [0.3, 0.4) is 0 Å². The van der Waals surface area contributed by atoms with E-state index in [0.717, 1.165) is 12.1 Å². The van der Waals surface area contributed by atoms with Crippen LogP contribution in [-0.4, -0.2) is 34.9 Å². The maximum absolute atomic E-state index is 13.6. The van der Waals surface area contributed by atoms with E-state index in [-0.39, 0.29) is 17.9 Å². The second-order valence-corrected chi connectivity index (χ2v) is 7.86. The summed E-state index contributed by atoms with van der Waals surface area (Å²) in [7, 11) is 0. The molecule has 3 aromatic rings. The van der Waals surface area contributed by atoms with Crippen LogP contribution in [-0.2, 0) is 11.2 Å². The predicted octanol–water partition coefficient (Wildman–Crippen LogP) is 3.52. The largest absolute Gasteiger partial charge is 0.369 e. The molecule has 8 nitrogen and oxygen atoms in total. The molecular formula is C22H21BrF2N6O2. The van der Waals surface area contributed by atoms with Gasteiger partial charge in [0.2, 0.25) is 17.8 Å². The van der Waals surface area contributed by atoms with Crippen LogP contribution in [0.25, 0.3) is 0 Å². The number of halogens is 3. The predicted molar refractivity (Wildman–Crippen MR) is 124 cm³/mol. The Morgan fingerprint density at radius 1 is 1.09 bits per heavy atom. The van der Waals surface area contributed by atoms with E-state index in [1.54, 1.807) is 30.5 Å². The second kappa shape index (κ2) is 11.3. The zero-order valence-corrected chi connectivity index (χ0v) is 19.0. The molecule has 3 rings (SSSR count). The minimum absolute atomic E-state index is 0.137. The Bertz CT molecular complexity index is 1160. The maximum atomic E-state index is 13.6. The van der Waals surface area contributed by atoms with Gasteiger partial charge in [0.15, 0.2) is 0 Å². The minimum Gasteiger partial charge on any atom is -0.369 e. The zero-order valence-electron chi connectivity index (χ0n) is 17.4. The molecule has 1 heterocycles. The van der Waals surface area contributed by atoms with Crippen molar-refractivity contribution in [2.24, 2.45) is 5.73 Å². The molecule has 2 amide bonds. The van der Waals surface area contributed by atoms with Gasteiger partial charge in [-0.15, -0.1) is 0 Å². The van der Waals surface area contributed by atoms with Crippen molar-refractivity contribution in [3.05, 3.63) is 75.9 Å². The molecule has 0 atom stereocenters. The summed E-state index contributed by atoms with van der Waals surface area (Å²) in [6, 6.07) is 9.79. The van der Waals surface area contributed by atoms with Gasteiger partial charge in [0, 0.05) is 36.6 Å². The van der Waals surface area contributed by atoms with E-state index in [9.17, 15) is 18.4 Å². The van der Waals surface area contributed by atoms with E-state index in [4.69, 9.17) is 5.73 Å². The molecule has 0 aliphatic carbocycles. The Labute approximate surface area is 197 Å². The van der Waals surface area contributed by atoms with Gasteiger partial charge in [-0.1, -0.05) is 12.1 Å². The molecular weight excluding hydrogens is 498 g/mol. The van der Waals surface area contributed by atoms with Crippen LogP contribution in [0.5, 0.6) is 0 Å². The fourth-order valence-corrected chi connectivity index (χ4v) is 3.19. The van der Waals surface area contributed by atoms with Crippen molar-refractivity contribution in [2.75, 3.05) is 23.7 Å². The molecule has 0 unspecified atom stereocenters. The van der Waals surface area contributed by atoms with Crippen LogP contribution in [0.4, 0.5) is 26.2 Å². The molecule has 11 heteroatoms. The lowest BCUT2D eigenvalue weighted by atomic mass is 10.1. The number of nitrogens with zero attached hydrogens (tertiary/aromatic N) is 2. The lowest BCUT2D eigenvalue weighted by molar-refractivity contribution is -0.120. The van der Waals surface area contributed by atoms with Gasteiger partial charge in [0.1, 0.15) is 17.5 Å². The van der Waals surface area contributed by atoms with E-state index in [2.05, 4.69) is 41.8 Å². The Balaban J connectivity index is 1.47. The number of carbonyl (C=O) groups excluding carboxylic acids is 2. The number of benzene rings is 2. The van der Waals surface area contributed by atoms with Crippen molar-refractivity contribution in [3.63, 3.8) is 0 Å². The number of hydrogen-bond acceptors (Lipinski definition) is 6. The van der Waals surface area contributed by atoms with Crippen LogP contribution in [0.2, 0.25) is 0 Å². The zero-order chi connectivity index (χ0) is 23.8. The third kappa shape index (κ3) is 7.21. The van der Waals surface area contributed by atoms with Gasteiger partial charge in [-0.05, 0) is 52.2 Å². The number of aromatic nitrogens is 2. The van der Waals surface area contributed by atoms with Gasteiger partial charge in [0.25, 0.3) is 0 Å². The van der Waals surface area contributed by atoms with Crippen LogP contribution in [0.1, 0.15) is 22.3 Å². The van der Waals surface area contributed by atoms with Crippen molar-refractivity contribution in [1.29, 1.82) is 0 Å². The fraction of sp³-hybridized carbons (Fsp3) is 0.182. The standard InChI is InChI=1S/C22H21BrF2N6O2/c23-17-12-29-22(30-16-4-1-3-14(9-16)20(26)33)31-21(17)28-8-2-7-27-19(32)10-13-5-6-15(24)11-18(13)25/h1,3-6,9,11-12H,2,7-8,10H2,(H2,26,33)(H,27,32)(H2,28,29,30,31). The smallest absolute Gasteiger partial charge is 0.248 e. The Hall–Kier alpha value is -3.60. The van der Waals surface area contributed by atoms with Crippen LogP contribution in [0.15, 0.2) is 53.1 Å². The van der Waals surface area contributed by atoms with Gasteiger partial charge in [-0.3, -0.25) is 9.59 Å². The van der Waals surface area contributed by atoms with Crippen molar-refractivity contribution in [3.8, 4) is 0 Å². The average molecular weight is 519 g/mol. The van der Waals surface area contributed by atoms with Crippen molar-refractivity contribution >= 4 is 45.2 Å². The van der Waals surface area contributed by atoms with E-state index in [1.165, 1.54) is 6.07 Å². The first-order valence-corrected chi connectivity index (χ1v) is 10.7. The third-order valence-corrected chi connectivity index (χ3v) is 5.06. The molecule has 0 fully saturated rings. The number of nitrogens with two attached hydrogens (primary N) is 1. The molecule has 0 saturated heterocycles. The number of anilines is 3. The van der Waals surface area contributed by atoms with E-state index < -0.39 is 17.5 Å². The van der Waals surface area contributed by atoms with E-state index in [1.807, 2.05) is 0 Å². The lowest BCUT2D eigenvalue weighted by Crippen LogP contribution is -2.27. The summed E-state index contributed by atoms with van der Waals surface area (Å²) in [5, 5.41) is 8.85. The summed E-state index contributed by atoms with van der Waals surface area (Å²) in [4.78, 5) is 31.9. The first-order chi connectivity index (χ1) is 15.8. The van der Waals surface area contributed by atoms with Crippen LogP contribution < -0.4 is 21.7 Å². The number of rotatable bonds is 10. The molecule has 0 aliphatic heterocycles. The van der Waals surface area contributed by atoms with Crippen molar-refractivity contribution in [2.45, 2.75) is 12.8 Å².